The summed E-state index contributed by atoms with van der Waals surface area (Å²) in [6.07, 6.45) is 1.23. The number of ether oxygens (including phenoxy) is 1. The number of carbonyl (C=O) groups excluding carboxylic acids is 1. The van der Waals surface area contributed by atoms with E-state index in [1.54, 1.807) is 26.3 Å². The summed E-state index contributed by atoms with van der Waals surface area (Å²) in [7, 11) is 3.33. The number of aliphatic imine (C=N–C) groups is 1. The lowest BCUT2D eigenvalue weighted by Gasteiger charge is -2.21. The summed E-state index contributed by atoms with van der Waals surface area (Å²) < 4.78 is 18.5. The number of guanidine groups is 1. The molecule has 0 spiro atoms. The van der Waals surface area contributed by atoms with Crippen LogP contribution in [0.1, 0.15) is 31.4 Å². The van der Waals surface area contributed by atoms with Crippen LogP contribution in [-0.2, 0) is 9.53 Å². The predicted octanol–water partition coefficient (Wildman–Crippen LogP) is 1.69. The Kier molecular flexibility index (Phi) is 7.18. The maximum Gasteiger partial charge on any atom is 0.222 e. The fraction of sp³-hybridized carbons (Fsp3) is 0.556. The molecule has 6 nitrogen and oxygen atoms in total. The minimum absolute atomic E-state index is 0.183. The first-order valence-electron chi connectivity index (χ1n) is 8.60. The van der Waals surface area contributed by atoms with Crippen molar-refractivity contribution < 1.29 is 13.9 Å². The number of methoxy groups -OCH3 is 1. The Bertz CT molecular complexity index is 591. The molecule has 1 aliphatic heterocycles. The highest BCUT2D eigenvalue weighted by Gasteiger charge is 2.25. The summed E-state index contributed by atoms with van der Waals surface area (Å²) in [5.41, 5.74) is 0.896. The van der Waals surface area contributed by atoms with Gasteiger partial charge in [-0.25, -0.2) is 4.39 Å². The molecule has 2 atom stereocenters. The van der Waals surface area contributed by atoms with E-state index >= 15 is 0 Å². The minimum Gasteiger partial charge on any atom is -0.375 e. The van der Waals surface area contributed by atoms with Crippen molar-refractivity contribution in [1.29, 1.82) is 0 Å². The maximum absolute atomic E-state index is 13.1. The van der Waals surface area contributed by atoms with Gasteiger partial charge in [0, 0.05) is 46.3 Å². The number of hydrogen-bond donors (Lipinski definition) is 2. The van der Waals surface area contributed by atoms with Gasteiger partial charge in [-0.1, -0.05) is 19.1 Å². The summed E-state index contributed by atoms with van der Waals surface area (Å²) in [4.78, 5) is 17.9. The highest BCUT2D eigenvalue weighted by molar-refractivity contribution is 5.80. The van der Waals surface area contributed by atoms with Crippen LogP contribution in [0, 0.1) is 5.82 Å². The second-order valence-corrected chi connectivity index (χ2v) is 6.05. The van der Waals surface area contributed by atoms with Crippen molar-refractivity contribution in [1.82, 2.24) is 15.5 Å². The Morgan fingerprint density at radius 2 is 2.16 bits per heavy atom. The van der Waals surface area contributed by atoms with Gasteiger partial charge in [-0.15, -0.1) is 0 Å². The quantitative estimate of drug-likeness (QED) is 0.605. The molecule has 0 saturated carbocycles. The molecule has 2 unspecified atom stereocenters. The van der Waals surface area contributed by atoms with Crippen molar-refractivity contribution in [2.24, 2.45) is 4.99 Å². The molecule has 2 N–H and O–H groups in total. The standard InChI is InChI=1S/C18H27FN4O2/c1-4-17(24)23-10-9-15(12-23)22-18(20-2)21-11-16(25-3)13-5-7-14(19)8-6-13/h5-8,15-16H,4,9-12H2,1-3H3,(H2,20,21,22). The van der Waals surface area contributed by atoms with E-state index in [2.05, 4.69) is 15.6 Å². The summed E-state index contributed by atoms with van der Waals surface area (Å²) >= 11 is 0. The van der Waals surface area contributed by atoms with Crippen LogP contribution in [0.4, 0.5) is 4.39 Å². The third-order valence-electron chi connectivity index (χ3n) is 4.39. The first kappa shape index (κ1) is 19.2. The van der Waals surface area contributed by atoms with Crippen molar-refractivity contribution in [2.45, 2.75) is 31.9 Å². The van der Waals surface area contributed by atoms with Crippen LogP contribution >= 0.6 is 0 Å². The first-order chi connectivity index (χ1) is 12.1. The molecule has 25 heavy (non-hydrogen) atoms. The first-order valence-corrected chi connectivity index (χ1v) is 8.60. The van der Waals surface area contributed by atoms with E-state index < -0.39 is 0 Å². The number of nitrogens with one attached hydrogen (secondary N) is 2. The minimum atomic E-state index is -0.267. The third kappa shape index (κ3) is 5.42. The van der Waals surface area contributed by atoms with Crippen molar-refractivity contribution in [2.75, 3.05) is 33.8 Å². The molecule has 138 valence electrons. The molecule has 0 bridgehead atoms. The Morgan fingerprint density at radius 3 is 2.76 bits per heavy atom. The van der Waals surface area contributed by atoms with E-state index in [0.29, 0.717) is 25.5 Å². The van der Waals surface area contributed by atoms with Gasteiger partial charge in [0.25, 0.3) is 0 Å². The van der Waals surface area contributed by atoms with Gasteiger partial charge in [-0.05, 0) is 24.1 Å². The molecule has 1 fully saturated rings. The fourth-order valence-electron chi connectivity index (χ4n) is 2.92. The summed E-state index contributed by atoms with van der Waals surface area (Å²) in [5, 5.41) is 6.58. The van der Waals surface area contributed by atoms with Gasteiger partial charge >= 0.3 is 0 Å². The van der Waals surface area contributed by atoms with Crippen LogP contribution < -0.4 is 10.6 Å². The van der Waals surface area contributed by atoms with E-state index in [4.69, 9.17) is 4.74 Å². The summed E-state index contributed by atoms with van der Waals surface area (Å²) in [6.45, 7) is 3.85. The van der Waals surface area contributed by atoms with Gasteiger partial charge in [-0.2, -0.15) is 0 Å². The predicted molar refractivity (Wildman–Crippen MR) is 95.9 cm³/mol. The lowest BCUT2D eigenvalue weighted by Crippen LogP contribution is -2.46. The van der Waals surface area contributed by atoms with Crippen LogP contribution in [0.3, 0.4) is 0 Å². The van der Waals surface area contributed by atoms with Gasteiger partial charge in [-0.3, -0.25) is 9.79 Å². The highest BCUT2D eigenvalue weighted by Crippen LogP contribution is 2.16. The van der Waals surface area contributed by atoms with Crippen molar-refractivity contribution in [3.05, 3.63) is 35.6 Å². The fourth-order valence-corrected chi connectivity index (χ4v) is 2.92. The monoisotopic (exact) mass is 350 g/mol. The van der Waals surface area contributed by atoms with E-state index in [9.17, 15) is 9.18 Å². The third-order valence-corrected chi connectivity index (χ3v) is 4.39. The normalized spacial score (nSPS) is 19.0. The second-order valence-electron chi connectivity index (χ2n) is 6.05. The smallest absolute Gasteiger partial charge is 0.222 e. The van der Waals surface area contributed by atoms with E-state index in [-0.39, 0.29) is 23.9 Å². The molecule has 0 aromatic heterocycles. The van der Waals surface area contributed by atoms with Crippen LogP contribution in [-0.4, -0.2) is 56.6 Å². The van der Waals surface area contributed by atoms with Crippen molar-refractivity contribution >= 4 is 11.9 Å². The van der Waals surface area contributed by atoms with E-state index in [1.807, 2.05) is 11.8 Å². The van der Waals surface area contributed by atoms with Gasteiger partial charge < -0.3 is 20.3 Å². The maximum atomic E-state index is 13.1. The number of amides is 1. The topological polar surface area (TPSA) is 66.0 Å². The molecule has 1 aliphatic rings. The molecular weight excluding hydrogens is 323 g/mol. The van der Waals surface area contributed by atoms with E-state index in [0.717, 1.165) is 18.5 Å². The van der Waals surface area contributed by atoms with Gasteiger partial charge in [0.2, 0.25) is 5.91 Å². The summed E-state index contributed by atoms with van der Waals surface area (Å²) in [6, 6.07) is 6.46. The molecule has 1 aromatic carbocycles. The largest absolute Gasteiger partial charge is 0.375 e. The van der Waals surface area contributed by atoms with Crippen LogP contribution in [0.15, 0.2) is 29.3 Å². The molecule has 1 amide bonds. The summed E-state index contributed by atoms with van der Waals surface area (Å²) in [5.74, 6) is 0.583. The molecule has 1 heterocycles. The highest BCUT2D eigenvalue weighted by atomic mass is 19.1. The number of halogens is 1. The lowest BCUT2D eigenvalue weighted by atomic mass is 10.1. The van der Waals surface area contributed by atoms with Gasteiger partial charge in [0.05, 0.1) is 6.10 Å². The Morgan fingerprint density at radius 1 is 1.44 bits per heavy atom. The molecule has 2 rings (SSSR count). The molecule has 1 saturated heterocycles. The lowest BCUT2D eigenvalue weighted by molar-refractivity contribution is -0.129. The average Bonchev–Trinajstić information content (AvgIpc) is 3.10. The number of rotatable bonds is 6. The van der Waals surface area contributed by atoms with Gasteiger partial charge in [0.1, 0.15) is 5.82 Å². The Balaban J connectivity index is 1.85. The Hall–Kier alpha value is -2.15. The molecule has 0 aliphatic carbocycles. The van der Waals surface area contributed by atoms with Crippen LogP contribution in [0.2, 0.25) is 0 Å². The van der Waals surface area contributed by atoms with Gasteiger partial charge in [0.15, 0.2) is 5.96 Å². The zero-order valence-corrected chi connectivity index (χ0v) is 15.1. The molecular formula is C18H27FN4O2. The van der Waals surface area contributed by atoms with E-state index in [1.165, 1.54) is 12.1 Å². The molecule has 1 aromatic rings. The Labute approximate surface area is 148 Å². The molecule has 7 heteroatoms. The van der Waals surface area contributed by atoms with Crippen LogP contribution in [0.25, 0.3) is 0 Å². The zero-order valence-electron chi connectivity index (χ0n) is 15.1. The number of nitrogens with zero attached hydrogens (tertiary/aromatic N) is 2. The number of benzene rings is 1. The van der Waals surface area contributed by atoms with Crippen molar-refractivity contribution in [3.63, 3.8) is 0 Å². The number of hydrogen-bond acceptors (Lipinski definition) is 3. The van der Waals surface area contributed by atoms with Crippen LogP contribution in [0.5, 0.6) is 0 Å². The molecule has 0 radical (unpaired) electrons. The average molecular weight is 350 g/mol. The number of likely N-dealkylation sites (tertiary alicyclic amines) is 1. The second kappa shape index (κ2) is 9.36. The number of carbonyl (C=O) groups is 1. The zero-order chi connectivity index (χ0) is 18.2. The van der Waals surface area contributed by atoms with Crippen molar-refractivity contribution in [3.8, 4) is 0 Å². The SMILES string of the molecule is CCC(=O)N1CCC(NC(=NC)NCC(OC)c2ccc(F)cc2)C1.